The molecule has 4 rings (SSSR count). The first-order valence-corrected chi connectivity index (χ1v) is 9.64. The molecule has 1 amide bonds. The molecule has 1 saturated heterocycles. The highest BCUT2D eigenvalue weighted by molar-refractivity contribution is 5.96. The van der Waals surface area contributed by atoms with Crippen LogP contribution in [0.15, 0.2) is 59.2 Å². The second-order valence-corrected chi connectivity index (χ2v) is 7.16. The number of carbonyl (C=O) groups is 2. The molecule has 1 N–H and O–H groups in total. The van der Waals surface area contributed by atoms with Gasteiger partial charge in [-0.25, -0.2) is 0 Å². The van der Waals surface area contributed by atoms with Crippen LogP contribution >= 0.6 is 0 Å². The molecule has 7 nitrogen and oxygen atoms in total. The Morgan fingerprint density at radius 2 is 1.93 bits per heavy atom. The molecule has 1 atom stereocenters. The minimum atomic E-state index is -0.136. The van der Waals surface area contributed by atoms with Crippen molar-refractivity contribution in [2.24, 2.45) is 5.92 Å². The van der Waals surface area contributed by atoms with Gasteiger partial charge in [-0.2, -0.15) is 0 Å². The van der Waals surface area contributed by atoms with Crippen LogP contribution < -0.4 is 10.2 Å². The van der Waals surface area contributed by atoms with E-state index in [1.54, 1.807) is 30.5 Å². The van der Waals surface area contributed by atoms with E-state index < -0.39 is 0 Å². The molecule has 3 heterocycles. The Bertz CT molecular complexity index is 982. The van der Waals surface area contributed by atoms with Crippen molar-refractivity contribution in [3.05, 3.63) is 60.4 Å². The van der Waals surface area contributed by atoms with Crippen LogP contribution in [0.1, 0.15) is 30.1 Å². The summed E-state index contributed by atoms with van der Waals surface area (Å²) in [6.07, 6.45) is 3.33. The van der Waals surface area contributed by atoms with Gasteiger partial charge in [0.05, 0.1) is 12.2 Å². The lowest BCUT2D eigenvalue weighted by Crippen LogP contribution is -2.41. The summed E-state index contributed by atoms with van der Waals surface area (Å²) in [6, 6.07) is 14.4. The number of piperidine rings is 1. The molecular formula is C22H22N4O3. The fourth-order valence-corrected chi connectivity index (χ4v) is 3.48. The third-order valence-corrected chi connectivity index (χ3v) is 5.10. The molecule has 0 saturated carbocycles. The molecule has 0 bridgehead atoms. The van der Waals surface area contributed by atoms with E-state index in [-0.39, 0.29) is 17.6 Å². The van der Waals surface area contributed by atoms with E-state index >= 15 is 0 Å². The van der Waals surface area contributed by atoms with Crippen molar-refractivity contribution < 1.29 is 14.0 Å². The lowest BCUT2D eigenvalue weighted by Gasteiger charge is -2.32. The second-order valence-electron chi connectivity index (χ2n) is 7.16. The molecule has 1 aromatic carbocycles. The summed E-state index contributed by atoms with van der Waals surface area (Å²) in [4.78, 5) is 26.2. The summed E-state index contributed by atoms with van der Waals surface area (Å²) < 4.78 is 5.34. The van der Waals surface area contributed by atoms with Crippen LogP contribution in [0.25, 0.3) is 11.5 Å². The maximum Gasteiger partial charge on any atom is 0.229 e. The number of aromatic nitrogens is 2. The lowest BCUT2D eigenvalue weighted by molar-refractivity contribution is -0.120. The van der Waals surface area contributed by atoms with Crippen LogP contribution in [-0.4, -0.2) is 35.0 Å². The Kier molecular flexibility index (Phi) is 5.37. The van der Waals surface area contributed by atoms with Crippen LogP contribution in [0.4, 0.5) is 11.5 Å². The van der Waals surface area contributed by atoms with E-state index in [1.807, 2.05) is 24.3 Å². The van der Waals surface area contributed by atoms with Crippen molar-refractivity contribution in [3.63, 3.8) is 0 Å². The van der Waals surface area contributed by atoms with Crippen LogP contribution in [-0.2, 0) is 4.79 Å². The van der Waals surface area contributed by atoms with Gasteiger partial charge >= 0.3 is 0 Å². The predicted molar refractivity (Wildman–Crippen MR) is 110 cm³/mol. The molecule has 2 aromatic heterocycles. The highest BCUT2D eigenvalue weighted by Crippen LogP contribution is 2.24. The zero-order valence-corrected chi connectivity index (χ0v) is 16.2. The van der Waals surface area contributed by atoms with Gasteiger partial charge in [0, 0.05) is 24.3 Å². The Morgan fingerprint density at radius 1 is 1.10 bits per heavy atom. The van der Waals surface area contributed by atoms with Crippen molar-refractivity contribution in [2.45, 2.75) is 19.8 Å². The quantitative estimate of drug-likeness (QED) is 0.667. The summed E-state index contributed by atoms with van der Waals surface area (Å²) in [5.74, 6) is 1.28. The van der Waals surface area contributed by atoms with Crippen molar-refractivity contribution in [3.8, 4) is 11.5 Å². The summed E-state index contributed by atoms with van der Waals surface area (Å²) >= 11 is 0. The third-order valence-electron chi connectivity index (χ3n) is 5.10. The Balaban J connectivity index is 1.39. The third kappa shape index (κ3) is 4.34. The average Bonchev–Trinajstić information content (AvgIpc) is 3.29. The molecule has 1 aliphatic rings. The fourth-order valence-electron chi connectivity index (χ4n) is 3.48. The first-order valence-electron chi connectivity index (χ1n) is 9.64. The molecule has 29 heavy (non-hydrogen) atoms. The normalized spacial score (nSPS) is 16.4. The number of amides is 1. The zero-order valence-electron chi connectivity index (χ0n) is 16.2. The van der Waals surface area contributed by atoms with Gasteiger partial charge in [-0.05, 0) is 68.3 Å². The van der Waals surface area contributed by atoms with Crippen LogP contribution in [0.3, 0.4) is 0 Å². The van der Waals surface area contributed by atoms with Crippen LogP contribution in [0, 0.1) is 5.92 Å². The Labute approximate surface area is 168 Å². The molecule has 148 valence electrons. The number of ketones is 1. The maximum absolute atomic E-state index is 12.7. The van der Waals surface area contributed by atoms with Gasteiger partial charge in [0.15, 0.2) is 17.4 Å². The number of nitrogens with one attached hydrogen (secondary N) is 1. The number of hydrogen-bond acceptors (Lipinski definition) is 6. The van der Waals surface area contributed by atoms with Gasteiger partial charge in [0.2, 0.25) is 5.91 Å². The number of carbonyl (C=O) groups excluding carboxylic acids is 2. The van der Waals surface area contributed by atoms with Gasteiger partial charge in [0.1, 0.15) is 5.69 Å². The molecule has 0 spiro atoms. The number of anilines is 2. The number of furan rings is 1. The van der Waals surface area contributed by atoms with Gasteiger partial charge in [-0.3, -0.25) is 9.59 Å². The minimum absolute atomic E-state index is 0.00461. The summed E-state index contributed by atoms with van der Waals surface area (Å²) in [6.45, 7) is 2.95. The van der Waals surface area contributed by atoms with Gasteiger partial charge in [-0.1, -0.05) is 0 Å². The Hall–Kier alpha value is -3.48. The van der Waals surface area contributed by atoms with Gasteiger partial charge in [-0.15, -0.1) is 10.2 Å². The van der Waals surface area contributed by atoms with Crippen LogP contribution in [0.2, 0.25) is 0 Å². The van der Waals surface area contributed by atoms with Crippen molar-refractivity contribution in [2.75, 3.05) is 23.3 Å². The Morgan fingerprint density at radius 3 is 2.59 bits per heavy atom. The molecule has 1 unspecified atom stereocenters. The second kappa shape index (κ2) is 8.26. The highest BCUT2D eigenvalue weighted by atomic mass is 16.3. The topological polar surface area (TPSA) is 88.3 Å². The minimum Gasteiger partial charge on any atom is -0.463 e. The van der Waals surface area contributed by atoms with E-state index in [4.69, 9.17) is 4.42 Å². The highest BCUT2D eigenvalue weighted by Gasteiger charge is 2.27. The molecule has 1 aliphatic heterocycles. The average molecular weight is 390 g/mol. The number of hydrogen-bond donors (Lipinski definition) is 1. The summed E-state index contributed by atoms with van der Waals surface area (Å²) in [7, 11) is 0. The van der Waals surface area contributed by atoms with E-state index in [2.05, 4.69) is 20.4 Å². The van der Waals surface area contributed by atoms with Gasteiger partial charge < -0.3 is 14.6 Å². The number of rotatable bonds is 5. The zero-order chi connectivity index (χ0) is 20.2. The molecule has 0 radical (unpaired) electrons. The summed E-state index contributed by atoms with van der Waals surface area (Å²) in [5, 5.41) is 11.5. The largest absolute Gasteiger partial charge is 0.463 e. The molecular weight excluding hydrogens is 368 g/mol. The van der Waals surface area contributed by atoms with E-state index in [0.29, 0.717) is 29.2 Å². The predicted octanol–water partition coefficient (Wildman–Crippen LogP) is 3.79. The van der Waals surface area contributed by atoms with E-state index in [1.165, 1.54) is 6.92 Å². The molecule has 7 heteroatoms. The maximum atomic E-state index is 12.7. The van der Waals surface area contributed by atoms with Crippen LogP contribution in [0.5, 0.6) is 0 Å². The molecule has 3 aromatic rings. The van der Waals surface area contributed by atoms with E-state index in [0.717, 1.165) is 25.2 Å². The van der Waals surface area contributed by atoms with Crippen molar-refractivity contribution in [1.82, 2.24) is 10.2 Å². The standard InChI is InChI=1S/C22H22N4O3/c1-15(27)16-6-8-18(9-7-16)23-22(28)17-4-2-12-26(14-17)21-11-10-19(24-25-21)20-5-3-13-29-20/h3,5-11,13,17H,2,4,12,14H2,1H3,(H,23,28). The first kappa shape index (κ1) is 18.9. The number of nitrogens with zero attached hydrogens (tertiary/aromatic N) is 3. The van der Waals surface area contributed by atoms with Gasteiger partial charge in [0.25, 0.3) is 0 Å². The molecule has 1 fully saturated rings. The SMILES string of the molecule is CC(=O)c1ccc(NC(=O)C2CCCN(c3ccc(-c4ccco4)nn3)C2)cc1. The van der Waals surface area contributed by atoms with Crippen molar-refractivity contribution in [1.29, 1.82) is 0 Å². The monoisotopic (exact) mass is 390 g/mol. The number of Topliss-reactive ketones (excluding diaryl/α,β-unsaturated/α-hetero) is 1. The van der Waals surface area contributed by atoms with Crippen molar-refractivity contribution >= 4 is 23.2 Å². The lowest BCUT2D eigenvalue weighted by atomic mass is 9.97. The molecule has 0 aliphatic carbocycles. The van der Waals surface area contributed by atoms with E-state index in [9.17, 15) is 9.59 Å². The fraction of sp³-hybridized carbons (Fsp3) is 0.273. The summed E-state index contributed by atoms with van der Waals surface area (Å²) in [5.41, 5.74) is 2.00. The number of benzene rings is 1. The smallest absolute Gasteiger partial charge is 0.229 e. The first-order chi connectivity index (χ1) is 14.1.